The average Bonchev–Trinajstić information content (AvgIpc) is 2.17. The third-order valence-corrected chi connectivity index (χ3v) is 2.72. The molecule has 2 heteroatoms. The maximum atomic E-state index is 9.40. The molecule has 1 rings (SSSR count). The monoisotopic (exact) mass is 198 g/mol. The highest BCUT2D eigenvalue weighted by molar-refractivity contribution is 6.17. The van der Waals surface area contributed by atoms with Crippen LogP contribution in [-0.2, 0) is 5.88 Å². The molecule has 1 aromatic carbocycles. The molecule has 1 atom stereocenters. The molecule has 0 aliphatic heterocycles. The third-order valence-electron chi connectivity index (χ3n) is 2.43. The van der Waals surface area contributed by atoms with E-state index in [2.05, 4.69) is 13.8 Å². The molecule has 0 fully saturated rings. The number of hydrogen-bond acceptors (Lipinski definition) is 1. The van der Waals surface area contributed by atoms with Crippen molar-refractivity contribution < 1.29 is 5.11 Å². The van der Waals surface area contributed by atoms with Gasteiger partial charge in [0.15, 0.2) is 0 Å². The number of benzene rings is 1. The van der Waals surface area contributed by atoms with Gasteiger partial charge in [0.1, 0.15) is 5.75 Å². The zero-order valence-corrected chi connectivity index (χ0v) is 8.80. The van der Waals surface area contributed by atoms with Gasteiger partial charge in [-0.2, -0.15) is 0 Å². The van der Waals surface area contributed by atoms with Crippen LogP contribution in [0.1, 0.15) is 37.3 Å². The Hall–Kier alpha value is -0.690. The molecule has 0 aromatic heterocycles. The van der Waals surface area contributed by atoms with Crippen LogP contribution < -0.4 is 0 Å². The van der Waals surface area contributed by atoms with Crippen LogP contribution in [0.5, 0.6) is 5.75 Å². The van der Waals surface area contributed by atoms with Crippen molar-refractivity contribution in [3.05, 3.63) is 29.3 Å². The molecule has 0 spiro atoms. The summed E-state index contributed by atoms with van der Waals surface area (Å²) in [5.41, 5.74) is 2.07. The molecule has 0 bridgehead atoms. The molecule has 1 N–H and O–H groups in total. The molecule has 1 unspecified atom stereocenters. The number of alkyl halides is 1. The van der Waals surface area contributed by atoms with Crippen LogP contribution >= 0.6 is 11.6 Å². The van der Waals surface area contributed by atoms with Gasteiger partial charge in [0.2, 0.25) is 0 Å². The largest absolute Gasteiger partial charge is 0.508 e. The van der Waals surface area contributed by atoms with Crippen LogP contribution in [0.3, 0.4) is 0 Å². The van der Waals surface area contributed by atoms with Crippen molar-refractivity contribution in [3.63, 3.8) is 0 Å². The predicted octanol–water partition coefficient (Wildman–Crippen LogP) is 3.64. The van der Waals surface area contributed by atoms with E-state index < -0.39 is 0 Å². The standard InChI is InChI=1S/C11H15ClO/c1-3-8(2)9-4-5-11(13)10(6-9)7-12/h4-6,8,13H,3,7H2,1-2H3. The van der Waals surface area contributed by atoms with Gasteiger partial charge < -0.3 is 5.11 Å². The maximum absolute atomic E-state index is 9.40. The molecular formula is C11H15ClO. The van der Waals surface area contributed by atoms with Gasteiger partial charge in [-0.3, -0.25) is 0 Å². The van der Waals surface area contributed by atoms with Crippen LogP contribution in [0.2, 0.25) is 0 Å². The highest BCUT2D eigenvalue weighted by Crippen LogP contribution is 2.25. The summed E-state index contributed by atoms with van der Waals surface area (Å²) in [6.45, 7) is 4.32. The first kappa shape index (κ1) is 10.4. The van der Waals surface area contributed by atoms with E-state index in [1.807, 2.05) is 12.1 Å². The van der Waals surface area contributed by atoms with Crippen molar-refractivity contribution >= 4 is 11.6 Å². The van der Waals surface area contributed by atoms with Gasteiger partial charge >= 0.3 is 0 Å². The molecule has 13 heavy (non-hydrogen) atoms. The number of hydrogen-bond donors (Lipinski definition) is 1. The normalized spacial score (nSPS) is 12.8. The first-order chi connectivity index (χ1) is 6.19. The Morgan fingerprint density at radius 3 is 2.69 bits per heavy atom. The zero-order valence-electron chi connectivity index (χ0n) is 8.05. The van der Waals surface area contributed by atoms with Crippen LogP contribution in [0, 0.1) is 0 Å². The number of halogens is 1. The maximum Gasteiger partial charge on any atom is 0.119 e. The van der Waals surface area contributed by atoms with Gasteiger partial charge in [-0.1, -0.05) is 26.0 Å². The molecule has 0 saturated heterocycles. The topological polar surface area (TPSA) is 20.2 Å². The molecule has 0 aliphatic carbocycles. The Labute approximate surface area is 84.4 Å². The van der Waals surface area contributed by atoms with Gasteiger partial charge in [0, 0.05) is 5.56 Å². The summed E-state index contributed by atoms with van der Waals surface area (Å²) in [4.78, 5) is 0. The molecule has 0 aliphatic rings. The summed E-state index contributed by atoms with van der Waals surface area (Å²) in [5.74, 6) is 1.19. The summed E-state index contributed by atoms with van der Waals surface area (Å²) < 4.78 is 0. The summed E-state index contributed by atoms with van der Waals surface area (Å²) in [6.07, 6.45) is 1.10. The Bertz CT molecular complexity index is 283. The number of phenolic OH excluding ortho intramolecular Hbond substituents is 1. The minimum absolute atomic E-state index is 0.294. The molecule has 0 saturated carbocycles. The van der Waals surface area contributed by atoms with Gasteiger partial charge in [-0.15, -0.1) is 11.6 Å². The zero-order chi connectivity index (χ0) is 9.84. The number of phenols is 1. The molecule has 1 aromatic rings. The lowest BCUT2D eigenvalue weighted by atomic mass is 9.97. The fourth-order valence-corrected chi connectivity index (χ4v) is 1.47. The molecule has 0 amide bonds. The molecule has 0 heterocycles. The van der Waals surface area contributed by atoms with E-state index in [9.17, 15) is 5.11 Å². The van der Waals surface area contributed by atoms with Crippen molar-refractivity contribution in [1.29, 1.82) is 0 Å². The Balaban J connectivity index is 2.99. The smallest absolute Gasteiger partial charge is 0.119 e. The van der Waals surface area contributed by atoms with Crippen LogP contribution in [0.25, 0.3) is 0 Å². The van der Waals surface area contributed by atoms with Crippen molar-refractivity contribution in [2.75, 3.05) is 0 Å². The minimum Gasteiger partial charge on any atom is -0.508 e. The fourth-order valence-electron chi connectivity index (χ4n) is 1.25. The predicted molar refractivity (Wildman–Crippen MR) is 56.4 cm³/mol. The highest BCUT2D eigenvalue weighted by Gasteiger charge is 2.06. The molecule has 0 radical (unpaired) electrons. The van der Waals surface area contributed by atoms with Crippen molar-refractivity contribution in [2.45, 2.75) is 32.1 Å². The second kappa shape index (κ2) is 4.52. The Morgan fingerprint density at radius 1 is 1.46 bits per heavy atom. The number of aromatic hydroxyl groups is 1. The summed E-state index contributed by atoms with van der Waals surface area (Å²) in [7, 11) is 0. The van der Waals surface area contributed by atoms with Gasteiger partial charge in [-0.05, 0) is 24.0 Å². The van der Waals surface area contributed by atoms with E-state index in [0.717, 1.165) is 12.0 Å². The first-order valence-corrected chi connectivity index (χ1v) is 5.10. The van der Waals surface area contributed by atoms with Crippen LogP contribution in [0.15, 0.2) is 18.2 Å². The average molecular weight is 199 g/mol. The lowest BCUT2D eigenvalue weighted by molar-refractivity contribution is 0.470. The van der Waals surface area contributed by atoms with Crippen molar-refractivity contribution in [3.8, 4) is 5.75 Å². The van der Waals surface area contributed by atoms with Crippen molar-refractivity contribution in [2.24, 2.45) is 0 Å². The van der Waals surface area contributed by atoms with Gasteiger partial charge in [-0.25, -0.2) is 0 Å². The SMILES string of the molecule is CCC(C)c1ccc(O)c(CCl)c1. The lowest BCUT2D eigenvalue weighted by Crippen LogP contribution is -1.92. The quantitative estimate of drug-likeness (QED) is 0.736. The van der Waals surface area contributed by atoms with Crippen molar-refractivity contribution in [1.82, 2.24) is 0 Å². The van der Waals surface area contributed by atoms with E-state index >= 15 is 0 Å². The van der Waals surface area contributed by atoms with E-state index in [1.165, 1.54) is 5.56 Å². The summed E-state index contributed by atoms with van der Waals surface area (Å²) in [5, 5.41) is 9.40. The first-order valence-electron chi connectivity index (χ1n) is 4.56. The van der Waals surface area contributed by atoms with E-state index in [-0.39, 0.29) is 0 Å². The van der Waals surface area contributed by atoms with Gasteiger partial charge in [0.25, 0.3) is 0 Å². The number of rotatable bonds is 3. The van der Waals surface area contributed by atoms with Crippen LogP contribution in [0.4, 0.5) is 0 Å². The lowest BCUT2D eigenvalue weighted by Gasteiger charge is -2.10. The second-order valence-corrected chi connectivity index (χ2v) is 3.60. The molecule has 1 nitrogen and oxygen atoms in total. The summed E-state index contributed by atoms with van der Waals surface area (Å²) >= 11 is 5.69. The second-order valence-electron chi connectivity index (χ2n) is 3.33. The van der Waals surface area contributed by atoms with E-state index in [0.29, 0.717) is 17.5 Å². The highest BCUT2D eigenvalue weighted by atomic mass is 35.5. The minimum atomic E-state index is 0.294. The Kier molecular flexibility index (Phi) is 3.61. The van der Waals surface area contributed by atoms with E-state index in [1.54, 1.807) is 6.07 Å². The molecular weight excluding hydrogens is 184 g/mol. The van der Waals surface area contributed by atoms with E-state index in [4.69, 9.17) is 11.6 Å². The third kappa shape index (κ3) is 2.38. The Morgan fingerprint density at radius 2 is 2.15 bits per heavy atom. The molecule has 72 valence electrons. The van der Waals surface area contributed by atoms with Crippen LogP contribution in [-0.4, -0.2) is 5.11 Å². The van der Waals surface area contributed by atoms with Gasteiger partial charge in [0.05, 0.1) is 5.88 Å². The fraction of sp³-hybridized carbons (Fsp3) is 0.455. The summed E-state index contributed by atoms with van der Waals surface area (Å²) in [6, 6.07) is 5.66.